The summed E-state index contributed by atoms with van der Waals surface area (Å²) in [6.07, 6.45) is 0.602. The zero-order chi connectivity index (χ0) is 15.5. The normalized spacial score (nSPS) is 11.6. The van der Waals surface area contributed by atoms with E-state index in [0.717, 1.165) is 16.7 Å². The van der Waals surface area contributed by atoms with E-state index in [9.17, 15) is 8.42 Å². The van der Waals surface area contributed by atoms with Gasteiger partial charge in [-0.2, -0.15) is 0 Å². The molecule has 1 N–H and O–H groups in total. The van der Waals surface area contributed by atoms with Crippen molar-refractivity contribution in [3.8, 4) is 0 Å². The van der Waals surface area contributed by atoms with Crippen molar-refractivity contribution in [2.45, 2.75) is 25.2 Å². The van der Waals surface area contributed by atoms with Crippen molar-refractivity contribution in [3.05, 3.63) is 64.2 Å². The van der Waals surface area contributed by atoms with Crippen LogP contribution in [0.15, 0.2) is 47.4 Å². The molecule has 2 rings (SSSR count). The molecule has 0 heterocycles. The fraction of sp³-hybridized carbons (Fsp3) is 0.250. The first-order valence-electron chi connectivity index (χ1n) is 6.70. The molecule has 0 bridgehead atoms. The summed E-state index contributed by atoms with van der Waals surface area (Å²) in [5.41, 5.74) is 2.68. The number of hydrogen-bond acceptors (Lipinski definition) is 2. The van der Waals surface area contributed by atoms with Crippen molar-refractivity contribution >= 4 is 21.6 Å². The van der Waals surface area contributed by atoms with E-state index in [2.05, 4.69) is 4.72 Å². The number of halogens is 1. The molecule has 0 saturated carbocycles. The van der Waals surface area contributed by atoms with Crippen molar-refractivity contribution in [2.24, 2.45) is 0 Å². The van der Waals surface area contributed by atoms with E-state index in [1.165, 1.54) is 0 Å². The Balaban J connectivity index is 2.06. The van der Waals surface area contributed by atoms with E-state index < -0.39 is 10.0 Å². The quantitative estimate of drug-likeness (QED) is 0.915. The Kier molecular flexibility index (Phi) is 5.04. The van der Waals surface area contributed by atoms with Crippen LogP contribution in [-0.2, 0) is 16.4 Å². The monoisotopic (exact) mass is 323 g/mol. The van der Waals surface area contributed by atoms with Gasteiger partial charge in [0, 0.05) is 11.6 Å². The molecule has 0 aliphatic rings. The molecule has 0 amide bonds. The Hall–Kier alpha value is -1.36. The lowest BCUT2D eigenvalue weighted by atomic mass is 10.2. The summed E-state index contributed by atoms with van der Waals surface area (Å²) in [6, 6.07) is 12.8. The summed E-state index contributed by atoms with van der Waals surface area (Å²) in [5, 5.41) is 0.657. The number of rotatable bonds is 5. The molecule has 0 fully saturated rings. The van der Waals surface area contributed by atoms with Crippen LogP contribution in [0.1, 0.15) is 16.7 Å². The molecule has 112 valence electrons. The highest BCUT2D eigenvalue weighted by molar-refractivity contribution is 7.89. The van der Waals surface area contributed by atoms with Gasteiger partial charge in [0.15, 0.2) is 0 Å². The first-order chi connectivity index (χ1) is 9.88. The maximum atomic E-state index is 12.3. The van der Waals surface area contributed by atoms with E-state index in [1.54, 1.807) is 19.1 Å². The first kappa shape index (κ1) is 16.0. The third-order valence-corrected chi connectivity index (χ3v) is 5.07. The minimum Gasteiger partial charge on any atom is -0.211 e. The number of nitrogens with one attached hydrogen (secondary N) is 1. The topological polar surface area (TPSA) is 46.2 Å². The molecule has 3 nitrogen and oxygen atoms in total. The summed E-state index contributed by atoms with van der Waals surface area (Å²) in [7, 11) is -3.48. The fourth-order valence-corrected chi connectivity index (χ4v) is 3.67. The zero-order valence-electron chi connectivity index (χ0n) is 12.1. The summed E-state index contributed by atoms with van der Waals surface area (Å²) in [6.45, 7) is 4.02. The van der Waals surface area contributed by atoms with Gasteiger partial charge in [0.05, 0.1) is 4.90 Å². The molecule has 0 aliphatic heterocycles. The molecule has 0 spiro atoms. The number of sulfonamides is 1. The molecule has 0 radical (unpaired) electrons. The van der Waals surface area contributed by atoms with Crippen molar-refractivity contribution in [1.29, 1.82) is 0 Å². The van der Waals surface area contributed by atoms with Gasteiger partial charge in [-0.3, -0.25) is 0 Å². The van der Waals surface area contributed by atoms with E-state index in [0.29, 0.717) is 22.9 Å². The lowest BCUT2D eigenvalue weighted by Gasteiger charge is -2.10. The molecule has 2 aromatic rings. The molecule has 5 heteroatoms. The third-order valence-electron chi connectivity index (χ3n) is 3.23. The van der Waals surface area contributed by atoms with Gasteiger partial charge in [-0.1, -0.05) is 35.9 Å². The summed E-state index contributed by atoms with van der Waals surface area (Å²) in [5.74, 6) is 0. The zero-order valence-corrected chi connectivity index (χ0v) is 13.6. The van der Waals surface area contributed by atoms with Crippen LogP contribution in [0.5, 0.6) is 0 Å². The Labute approximate surface area is 131 Å². The largest absolute Gasteiger partial charge is 0.240 e. The van der Waals surface area contributed by atoms with E-state index in [4.69, 9.17) is 11.6 Å². The van der Waals surface area contributed by atoms with Gasteiger partial charge in [-0.05, 0) is 55.2 Å². The molecule has 2 aromatic carbocycles. The smallest absolute Gasteiger partial charge is 0.211 e. The maximum Gasteiger partial charge on any atom is 0.240 e. The van der Waals surface area contributed by atoms with Crippen LogP contribution < -0.4 is 4.72 Å². The second kappa shape index (κ2) is 6.60. The fourth-order valence-electron chi connectivity index (χ4n) is 2.10. The molecule has 21 heavy (non-hydrogen) atoms. The second-order valence-electron chi connectivity index (χ2n) is 5.05. The summed E-state index contributed by atoms with van der Waals surface area (Å²) in [4.78, 5) is 0.341. The van der Waals surface area contributed by atoms with E-state index >= 15 is 0 Å². The van der Waals surface area contributed by atoms with Crippen molar-refractivity contribution in [2.75, 3.05) is 6.54 Å². The van der Waals surface area contributed by atoms with Crippen LogP contribution in [0.4, 0.5) is 0 Å². The number of benzene rings is 2. The maximum absolute atomic E-state index is 12.3. The molecule has 0 atom stereocenters. The van der Waals surface area contributed by atoms with E-state index in [1.807, 2.05) is 37.3 Å². The highest BCUT2D eigenvalue weighted by Crippen LogP contribution is 2.16. The van der Waals surface area contributed by atoms with Crippen LogP contribution >= 0.6 is 11.6 Å². The van der Waals surface area contributed by atoms with E-state index in [-0.39, 0.29) is 0 Å². The highest BCUT2D eigenvalue weighted by Gasteiger charge is 2.16. The van der Waals surface area contributed by atoms with Crippen molar-refractivity contribution < 1.29 is 8.42 Å². The van der Waals surface area contributed by atoms with Gasteiger partial charge in [0.1, 0.15) is 0 Å². The average molecular weight is 324 g/mol. The van der Waals surface area contributed by atoms with Crippen LogP contribution in [0, 0.1) is 13.8 Å². The van der Waals surface area contributed by atoms with Crippen LogP contribution in [0.3, 0.4) is 0 Å². The van der Waals surface area contributed by atoms with Gasteiger partial charge in [0.2, 0.25) is 10.0 Å². The third kappa shape index (κ3) is 4.30. The summed E-state index contributed by atoms with van der Waals surface area (Å²) >= 11 is 5.91. The van der Waals surface area contributed by atoms with Crippen molar-refractivity contribution in [1.82, 2.24) is 4.72 Å². The second-order valence-corrected chi connectivity index (χ2v) is 7.22. The van der Waals surface area contributed by atoms with Gasteiger partial charge in [-0.25, -0.2) is 13.1 Å². The van der Waals surface area contributed by atoms with Gasteiger partial charge >= 0.3 is 0 Å². The minimum absolute atomic E-state index is 0.341. The lowest BCUT2D eigenvalue weighted by Crippen LogP contribution is -2.26. The standard InChI is InChI=1S/C16H18ClNO2S/c1-12-6-7-13(2)16(10-12)21(19,20)18-9-8-14-4-3-5-15(17)11-14/h3-7,10-11,18H,8-9H2,1-2H3. The highest BCUT2D eigenvalue weighted by atomic mass is 35.5. The molecular formula is C16H18ClNO2S. The molecular weight excluding hydrogens is 306 g/mol. The molecule has 0 unspecified atom stereocenters. The predicted molar refractivity (Wildman–Crippen MR) is 86.3 cm³/mol. The minimum atomic E-state index is -3.48. The molecule has 0 aliphatic carbocycles. The lowest BCUT2D eigenvalue weighted by molar-refractivity contribution is 0.581. The Morgan fingerprint density at radius 1 is 1.10 bits per heavy atom. The van der Waals surface area contributed by atoms with Gasteiger partial charge in [0.25, 0.3) is 0 Å². The van der Waals surface area contributed by atoms with Crippen LogP contribution in [0.25, 0.3) is 0 Å². The van der Waals surface area contributed by atoms with Gasteiger partial charge in [-0.15, -0.1) is 0 Å². The van der Waals surface area contributed by atoms with Crippen LogP contribution in [-0.4, -0.2) is 15.0 Å². The molecule has 0 aromatic heterocycles. The molecule has 0 saturated heterocycles. The SMILES string of the molecule is Cc1ccc(C)c(S(=O)(=O)NCCc2cccc(Cl)c2)c1. The number of aryl methyl sites for hydroxylation is 2. The van der Waals surface area contributed by atoms with Gasteiger partial charge < -0.3 is 0 Å². The first-order valence-corrected chi connectivity index (χ1v) is 8.56. The summed E-state index contributed by atoms with van der Waals surface area (Å²) < 4.78 is 27.3. The Morgan fingerprint density at radius 3 is 2.57 bits per heavy atom. The average Bonchev–Trinajstić information content (AvgIpc) is 2.41. The van der Waals surface area contributed by atoms with Crippen LogP contribution in [0.2, 0.25) is 5.02 Å². The predicted octanol–water partition coefficient (Wildman–Crippen LogP) is 3.48. The number of hydrogen-bond donors (Lipinski definition) is 1. The Morgan fingerprint density at radius 2 is 1.86 bits per heavy atom. The van der Waals surface area contributed by atoms with Crippen molar-refractivity contribution in [3.63, 3.8) is 0 Å². The Bertz CT molecular complexity index is 742.